The highest BCUT2D eigenvalue weighted by molar-refractivity contribution is 8.02. The van der Waals surface area contributed by atoms with Crippen molar-refractivity contribution in [3.05, 3.63) is 47.5 Å². The predicted octanol–water partition coefficient (Wildman–Crippen LogP) is 2.71. The van der Waals surface area contributed by atoms with Crippen molar-refractivity contribution in [2.24, 2.45) is 0 Å². The quantitative estimate of drug-likeness (QED) is 0.722. The van der Waals surface area contributed by atoms with E-state index in [0.29, 0.717) is 0 Å². The third kappa shape index (κ3) is 2.52. The zero-order chi connectivity index (χ0) is 8.93. The molecule has 0 amide bonds. The summed E-state index contributed by atoms with van der Waals surface area (Å²) < 4.78 is 0. The van der Waals surface area contributed by atoms with Crippen molar-refractivity contribution < 1.29 is 0 Å². The number of benzene rings is 1. The van der Waals surface area contributed by atoms with Gasteiger partial charge in [0.25, 0.3) is 0 Å². The SMILES string of the molecule is C1=CN(CCc2ccccc2)CS1. The lowest BCUT2D eigenvalue weighted by Gasteiger charge is -2.13. The minimum absolute atomic E-state index is 1.12. The van der Waals surface area contributed by atoms with Crippen LogP contribution in [0.3, 0.4) is 0 Å². The zero-order valence-corrected chi connectivity index (χ0v) is 8.33. The van der Waals surface area contributed by atoms with Crippen LogP contribution < -0.4 is 0 Å². The summed E-state index contributed by atoms with van der Waals surface area (Å²) in [5, 5.41) is 2.16. The van der Waals surface area contributed by atoms with E-state index in [-0.39, 0.29) is 0 Å². The standard InChI is InChI=1S/C11H13NS/c1-2-4-11(5-3-1)6-7-12-8-9-13-10-12/h1-5,8-9H,6-7,10H2. The van der Waals surface area contributed by atoms with Gasteiger partial charge in [-0.15, -0.1) is 11.8 Å². The molecule has 13 heavy (non-hydrogen) atoms. The normalized spacial score (nSPS) is 15.2. The van der Waals surface area contributed by atoms with Gasteiger partial charge in [-0.3, -0.25) is 0 Å². The second kappa shape index (κ2) is 4.38. The fourth-order valence-electron chi connectivity index (χ4n) is 1.37. The van der Waals surface area contributed by atoms with Crippen molar-refractivity contribution in [3.63, 3.8) is 0 Å². The van der Waals surface area contributed by atoms with E-state index in [1.54, 1.807) is 0 Å². The lowest BCUT2D eigenvalue weighted by Crippen LogP contribution is -2.16. The molecule has 2 rings (SSSR count). The van der Waals surface area contributed by atoms with Crippen molar-refractivity contribution >= 4 is 11.8 Å². The van der Waals surface area contributed by atoms with Crippen molar-refractivity contribution in [2.45, 2.75) is 6.42 Å². The van der Waals surface area contributed by atoms with Gasteiger partial charge in [0.15, 0.2) is 0 Å². The van der Waals surface area contributed by atoms with Crippen LogP contribution in [-0.2, 0) is 6.42 Å². The Balaban J connectivity index is 1.82. The topological polar surface area (TPSA) is 3.24 Å². The van der Waals surface area contributed by atoms with Crippen LogP contribution in [0.2, 0.25) is 0 Å². The molecule has 0 spiro atoms. The van der Waals surface area contributed by atoms with Gasteiger partial charge in [0, 0.05) is 12.7 Å². The molecule has 1 heterocycles. The summed E-state index contributed by atoms with van der Waals surface area (Å²) in [7, 11) is 0. The molecule has 1 aliphatic heterocycles. The first-order valence-electron chi connectivity index (χ1n) is 4.51. The van der Waals surface area contributed by atoms with Gasteiger partial charge in [0.1, 0.15) is 0 Å². The Hall–Kier alpha value is -0.890. The molecule has 0 N–H and O–H groups in total. The molecule has 1 aromatic carbocycles. The molecule has 1 nitrogen and oxygen atoms in total. The second-order valence-electron chi connectivity index (χ2n) is 3.13. The summed E-state index contributed by atoms with van der Waals surface area (Å²) in [6.07, 6.45) is 3.32. The van der Waals surface area contributed by atoms with Crippen LogP contribution in [0.5, 0.6) is 0 Å². The predicted molar refractivity (Wildman–Crippen MR) is 58.5 cm³/mol. The molecule has 0 saturated heterocycles. The van der Waals surface area contributed by atoms with Gasteiger partial charge in [-0.05, 0) is 17.4 Å². The smallest absolute Gasteiger partial charge is 0.0675 e. The molecule has 0 saturated carbocycles. The van der Waals surface area contributed by atoms with Gasteiger partial charge in [0.05, 0.1) is 5.88 Å². The number of hydrogen-bond acceptors (Lipinski definition) is 2. The highest BCUT2D eigenvalue weighted by Crippen LogP contribution is 2.15. The summed E-state index contributed by atoms with van der Waals surface area (Å²) in [5.74, 6) is 1.12. The van der Waals surface area contributed by atoms with Gasteiger partial charge in [-0.1, -0.05) is 30.3 Å². The minimum Gasteiger partial charge on any atom is -0.367 e. The Morgan fingerprint density at radius 2 is 2.08 bits per heavy atom. The molecule has 0 radical (unpaired) electrons. The zero-order valence-electron chi connectivity index (χ0n) is 7.52. The minimum atomic E-state index is 1.12. The number of rotatable bonds is 3. The van der Waals surface area contributed by atoms with Gasteiger partial charge in [-0.2, -0.15) is 0 Å². The molecule has 2 heteroatoms. The number of hydrogen-bond donors (Lipinski definition) is 0. The van der Waals surface area contributed by atoms with Crippen molar-refractivity contribution in [1.82, 2.24) is 4.90 Å². The van der Waals surface area contributed by atoms with E-state index in [1.807, 2.05) is 11.8 Å². The molecule has 0 unspecified atom stereocenters. The molecular formula is C11H13NS. The third-order valence-electron chi connectivity index (χ3n) is 2.14. The van der Waals surface area contributed by atoms with Crippen LogP contribution in [0.1, 0.15) is 5.56 Å². The molecule has 1 aliphatic rings. The molecule has 1 aromatic rings. The monoisotopic (exact) mass is 191 g/mol. The fourth-order valence-corrected chi connectivity index (χ4v) is 2.12. The average molecular weight is 191 g/mol. The Bertz CT molecular complexity index is 281. The maximum absolute atomic E-state index is 2.34. The van der Waals surface area contributed by atoms with Crippen LogP contribution in [0.25, 0.3) is 0 Å². The van der Waals surface area contributed by atoms with E-state index in [9.17, 15) is 0 Å². The molecule has 0 aliphatic carbocycles. The fraction of sp³-hybridized carbons (Fsp3) is 0.273. The Morgan fingerprint density at radius 1 is 1.23 bits per heavy atom. The summed E-state index contributed by atoms with van der Waals surface area (Å²) in [6, 6.07) is 10.6. The Kier molecular flexibility index (Phi) is 2.93. The molecule has 0 bridgehead atoms. The van der Waals surface area contributed by atoms with Crippen LogP contribution in [-0.4, -0.2) is 17.3 Å². The molecule has 0 aromatic heterocycles. The first-order valence-corrected chi connectivity index (χ1v) is 5.56. The van der Waals surface area contributed by atoms with Crippen molar-refractivity contribution in [1.29, 1.82) is 0 Å². The Morgan fingerprint density at radius 3 is 2.77 bits per heavy atom. The number of thioether (sulfide) groups is 1. The summed E-state index contributed by atoms with van der Waals surface area (Å²) in [4.78, 5) is 2.34. The maximum Gasteiger partial charge on any atom is 0.0675 e. The van der Waals surface area contributed by atoms with E-state index in [2.05, 4.69) is 46.8 Å². The van der Waals surface area contributed by atoms with E-state index in [0.717, 1.165) is 18.8 Å². The second-order valence-corrected chi connectivity index (χ2v) is 3.99. The summed E-state index contributed by atoms with van der Waals surface area (Å²) >= 11 is 1.86. The third-order valence-corrected chi connectivity index (χ3v) is 2.93. The lowest BCUT2D eigenvalue weighted by atomic mass is 10.1. The van der Waals surface area contributed by atoms with Gasteiger partial charge >= 0.3 is 0 Å². The van der Waals surface area contributed by atoms with Gasteiger partial charge in [0.2, 0.25) is 0 Å². The van der Waals surface area contributed by atoms with Crippen LogP contribution in [0.4, 0.5) is 0 Å². The molecular weight excluding hydrogens is 178 g/mol. The van der Waals surface area contributed by atoms with Crippen LogP contribution >= 0.6 is 11.8 Å². The first-order chi connectivity index (χ1) is 6.45. The van der Waals surface area contributed by atoms with Gasteiger partial charge in [-0.25, -0.2) is 0 Å². The van der Waals surface area contributed by atoms with E-state index in [1.165, 1.54) is 5.56 Å². The van der Waals surface area contributed by atoms with Crippen molar-refractivity contribution in [2.75, 3.05) is 12.4 Å². The molecule has 68 valence electrons. The summed E-state index contributed by atoms with van der Waals surface area (Å²) in [5.41, 5.74) is 1.42. The average Bonchev–Trinajstić information content (AvgIpc) is 2.69. The molecule has 0 fully saturated rings. The van der Waals surface area contributed by atoms with Crippen molar-refractivity contribution in [3.8, 4) is 0 Å². The molecule has 0 atom stereocenters. The summed E-state index contributed by atoms with van der Waals surface area (Å²) in [6.45, 7) is 1.13. The van der Waals surface area contributed by atoms with Crippen LogP contribution in [0.15, 0.2) is 41.9 Å². The lowest BCUT2D eigenvalue weighted by molar-refractivity contribution is 0.451. The van der Waals surface area contributed by atoms with Gasteiger partial charge < -0.3 is 4.90 Å². The number of nitrogens with zero attached hydrogens (tertiary/aromatic N) is 1. The Labute approximate surface area is 83.4 Å². The largest absolute Gasteiger partial charge is 0.367 e. The first kappa shape index (κ1) is 8.70. The van der Waals surface area contributed by atoms with E-state index >= 15 is 0 Å². The van der Waals surface area contributed by atoms with E-state index < -0.39 is 0 Å². The maximum atomic E-state index is 2.34. The van der Waals surface area contributed by atoms with E-state index in [4.69, 9.17) is 0 Å². The van der Waals surface area contributed by atoms with Crippen LogP contribution in [0, 0.1) is 0 Å². The highest BCUT2D eigenvalue weighted by atomic mass is 32.2. The highest BCUT2D eigenvalue weighted by Gasteiger charge is 2.03.